The smallest absolute Gasteiger partial charge is 0.135 e. The van der Waals surface area contributed by atoms with Crippen LogP contribution in [-0.2, 0) is 6.42 Å². The minimum absolute atomic E-state index is 0.432. The summed E-state index contributed by atoms with van der Waals surface area (Å²) in [6, 6.07) is 2.23. The summed E-state index contributed by atoms with van der Waals surface area (Å²) < 4.78 is 0. The molecule has 6 heteroatoms. The third kappa shape index (κ3) is 3.89. The Morgan fingerprint density at radius 2 is 1.74 bits per heavy atom. The molecule has 0 aromatic carbocycles. The number of aromatic nitrogens is 4. The van der Waals surface area contributed by atoms with Crippen molar-refractivity contribution >= 4 is 11.6 Å². The first-order valence-electron chi connectivity index (χ1n) is 10.3. The second-order valence-corrected chi connectivity index (χ2v) is 7.80. The number of nitrogens with zero attached hydrogens (tertiary/aromatic N) is 6. The van der Waals surface area contributed by atoms with E-state index in [1.54, 1.807) is 0 Å². The van der Waals surface area contributed by atoms with Crippen molar-refractivity contribution in [2.75, 3.05) is 36.0 Å². The van der Waals surface area contributed by atoms with Gasteiger partial charge >= 0.3 is 0 Å². The van der Waals surface area contributed by atoms with Gasteiger partial charge in [0.1, 0.15) is 23.3 Å². The van der Waals surface area contributed by atoms with E-state index in [1.165, 1.54) is 36.9 Å². The Morgan fingerprint density at radius 3 is 2.52 bits per heavy atom. The molecule has 2 aliphatic rings. The SMILES string of the molecule is CCc1cnc(C)nc1N1CCC[C@@H](c2cc(N3CCCC3)nc(C)n2)C1. The van der Waals surface area contributed by atoms with Crippen LogP contribution in [0.3, 0.4) is 0 Å². The lowest BCUT2D eigenvalue weighted by molar-refractivity contribution is 0.495. The van der Waals surface area contributed by atoms with Crippen LogP contribution in [0.15, 0.2) is 12.3 Å². The maximum atomic E-state index is 4.82. The van der Waals surface area contributed by atoms with Crippen molar-refractivity contribution in [1.29, 1.82) is 0 Å². The molecule has 0 amide bonds. The summed E-state index contributed by atoms with van der Waals surface area (Å²) in [5.41, 5.74) is 2.43. The van der Waals surface area contributed by atoms with Gasteiger partial charge in [0, 0.05) is 49.9 Å². The second-order valence-electron chi connectivity index (χ2n) is 7.80. The van der Waals surface area contributed by atoms with Crippen molar-refractivity contribution in [3.63, 3.8) is 0 Å². The van der Waals surface area contributed by atoms with Crippen molar-refractivity contribution in [2.24, 2.45) is 0 Å². The van der Waals surface area contributed by atoms with Crippen LogP contribution in [-0.4, -0.2) is 46.1 Å². The molecular formula is C21H30N6. The first kappa shape index (κ1) is 18.1. The van der Waals surface area contributed by atoms with Gasteiger partial charge in [-0.3, -0.25) is 0 Å². The van der Waals surface area contributed by atoms with E-state index >= 15 is 0 Å². The van der Waals surface area contributed by atoms with Gasteiger partial charge in [0.05, 0.1) is 5.69 Å². The standard InChI is InChI=1S/C21H30N6/c1-4-17-13-22-15(2)25-21(17)27-11-7-8-18(14-27)19-12-20(24-16(3)23-19)26-9-5-6-10-26/h12-13,18H,4-11,14H2,1-3H3/t18-/m1/s1. The average molecular weight is 367 g/mol. The minimum atomic E-state index is 0.432. The molecule has 6 nitrogen and oxygen atoms in total. The molecule has 4 heterocycles. The Labute approximate surface area is 162 Å². The van der Waals surface area contributed by atoms with Gasteiger partial charge in [0.15, 0.2) is 0 Å². The van der Waals surface area contributed by atoms with Crippen LogP contribution in [0.2, 0.25) is 0 Å². The van der Waals surface area contributed by atoms with E-state index in [4.69, 9.17) is 15.0 Å². The number of rotatable bonds is 4. The van der Waals surface area contributed by atoms with Crippen LogP contribution in [0.4, 0.5) is 11.6 Å². The molecule has 0 N–H and O–H groups in total. The zero-order valence-electron chi connectivity index (χ0n) is 16.8. The largest absolute Gasteiger partial charge is 0.357 e. The molecule has 0 bridgehead atoms. The number of anilines is 2. The fraction of sp³-hybridized carbons (Fsp3) is 0.619. The van der Waals surface area contributed by atoms with E-state index in [0.29, 0.717) is 5.92 Å². The van der Waals surface area contributed by atoms with Crippen LogP contribution >= 0.6 is 0 Å². The molecule has 0 spiro atoms. The fourth-order valence-corrected chi connectivity index (χ4v) is 4.31. The lowest BCUT2D eigenvalue weighted by Crippen LogP contribution is -2.36. The van der Waals surface area contributed by atoms with Gasteiger partial charge in [-0.05, 0) is 46.0 Å². The summed E-state index contributed by atoms with van der Waals surface area (Å²) in [5, 5.41) is 0. The molecule has 0 radical (unpaired) electrons. The molecule has 4 rings (SSSR count). The minimum Gasteiger partial charge on any atom is -0.357 e. The summed E-state index contributed by atoms with van der Waals surface area (Å²) >= 11 is 0. The molecule has 0 aliphatic carbocycles. The molecule has 27 heavy (non-hydrogen) atoms. The number of hydrogen-bond acceptors (Lipinski definition) is 6. The number of hydrogen-bond donors (Lipinski definition) is 0. The van der Waals surface area contributed by atoms with Gasteiger partial charge in [-0.2, -0.15) is 0 Å². The third-order valence-corrected chi connectivity index (χ3v) is 5.76. The van der Waals surface area contributed by atoms with Crippen molar-refractivity contribution in [3.05, 3.63) is 35.2 Å². The maximum absolute atomic E-state index is 4.82. The molecular weight excluding hydrogens is 336 g/mol. The van der Waals surface area contributed by atoms with Crippen LogP contribution < -0.4 is 9.80 Å². The van der Waals surface area contributed by atoms with Gasteiger partial charge in [-0.25, -0.2) is 19.9 Å². The molecule has 1 atom stereocenters. The summed E-state index contributed by atoms with van der Waals surface area (Å²) in [5.74, 6) is 4.39. The predicted octanol–water partition coefficient (Wildman–Crippen LogP) is 3.43. The van der Waals surface area contributed by atoms with Crippen LogP contribution in [0, 0.1) is 13.8 Å². The van der Waals surface area contributed by atoms with Gasteiger partial charge < -0.3 is 9.80 Å². The summed E-state index contributed by atoms with van der Waals surface area (Å²) in [4.78, 5) is 23.5. The lowest BCUT2D eigenvalue weighted by atomic mass is 9.94. The topological polar surface area (TPSA) is 58.0 Å². The molecule has 0 unspecified atom stereocenters. The quantitative estimate of drug-likeness (QED) is 0.826. The van der Waals surface area contributed by atoms with Gasteiger partial charge in [-0.1, -0.05) is 6.92 Å². The van der Waals surface area contributed by atoms with Crippen LogP contribution in [0.25, 0.3) is 0 Å². The van der Waals surface area contributed by atoms with Crippen LogP contribution in [0.1, 0.15) is 61.4 Å². The predicted molar refractivity (Wildman–Crippen MR) is 109 cm³/mol. The van der Waals surface area contributed by atoms with E-state index in [2.05, 4.69) is 27.8 Å². The second kappa shape index (κ2) is 7.79. The maximum Gasteiger partial charge on any atom is 0.135 e. The zero-order chi connectivity index (χ0) is 18.8. The van der Waals surface area contributed by atoms with Crippen molar-refractivity contribution in [3.8, 4) is 0 Å². The Hall–Kier alpha value is -2.24. The monoisotopic (exact) mass is 366 g/mol. The number of aryl methyl sites for hydroxylation is 3. The van der Waals surface area contributed by atoms with Crippen molar-refractivity contribution in [2.45, 2.75) is 58.8 Å². The number of piperidine rings is 1. The first-order chi connectivity index (χ1) is 13.1. The van der Waals surface area contributed by atoms with E-state index < -0.39 is 0 Å². The summed E-state index contributed by atoms with van der Waals surface area (Å²) in [6.07, 6.45) is 7.83. The molecule has 2 fully saturated rings. The molecule has 2 aromatic rings. The Kier molecular flexibility index (Phi) is 5.23. The molecule has 0 saturated carbocycles. The molecule has 144 valence electrons. The lowest BCUT2D eigenvalue weighted by Gasteiger charge is -2.34. The van der Waals surface area contributed by atoms with E-state index in [-0.39, 0.29) is 0 Å². The van der Waals surface area contributed by atoms with E-state index in [0.717, 1.165) is 55.9 Å². The third-order valence-electron chi connectivity index (χ3n) is 5.76. The van der Waals surface area contributed by atoms with E-state index in [9.17, 15) is 0 Å². The molecule has 2 aromatic heterocycles. The summed E-state index contributed by atoms with van der Waals surface area (Å²) in [7, 11) is 0. The first-order valence-corrected chi connectivity index (χ1v) is 10.3. The molecule has 2 saturated heterocycles. The van der Waals surface area contributed by atoms with Gasteiger partial charge in [-0.15, -0.1) is 0 Å². The fourth-order valence-electron chi connectivity index (χ4n) is 4.31. The average Bonchev–Trinajstić information content (AvgIpc) is 3.22. The highest BCUT2D eigenvalue weighted by Gasteiger charge is 2.26. The van der Waals surface area contributed by atoms with Crippen LogP contribution in [0.5, 0.6) is 0 Å². The highest BCUT2D eigenvalue weighted by Crippen LogP contribution is 2.31. The van der Waals surface area contributed by atoms with Crippen molar-refractivity contribution < 1.29 is 0 Å². The van der Waals surface area contributed by atoms with Gasteiger partial charge in [0.2, 0.25) is 0 Å². The highest BCUT2D eigenvalue weighted by molar-refractivity contribution is 5.48. The zero-order valence-corrected chi connectivity index (χ0v) is 16.8. The van der Waals surface area contributed by atoms with Crippen molar-refractivity contribution in [1.82, 2.24) is 19.9 Å². The highest BCUT2D eigenvalue weighted by atomic mass is 15.2. The Morgan fingerprint density at radius 1 is 0.963 bits per heavy atom. The van der Waals surface area contributed by atoms with E-state index in [1.807, 2.05) is 20.0 Å². The Bertz CT molecular complexity index is 799. The Balaban J connectivity index is 1.59. The summed E-state index contributed by atoms with van der Waals surface area (Å²) in [6.45, 7) is 10.4. The van der Waals surface area contributed by atoms with Gasteiger partial charge in [0.25, 0.3) is 0 Å². The molecule has 2 aliphatic heterocycles. The normalized spacial score (nSPS) is 20.3.